The Bertz CT molecular complexity index is 648. The molecule has 0 spiro atoms. The van der Waals surface area contributed by atoms with E-state index in [1.807, 2.05) is 30.3 Å². The minimum absolute atomic E-state index is 0.707. The summed E-state index contributed by atoms with van der Waals surface area (Å²) in [5.41, 5.74) is 2.05. The lowest BCUT2D eigenvalue weighted by molar-refractivity contribution is -0.119. The van der Waals surface area contributed by atoms with Gasteiger partial charge in [-0.3, -0.25) is 0 Å². The molecule has 0 fully saturated rings. The summed E-state index contributed by atoms with van der Waals surface area (Å²) in [4.78, 5) is 24.0. The number of hydrogen-bond acceptors (Lipinski definition) is 3. The summed E-state index contributed by atoms with van der Waals surface area (Å²) in [5.74, 6) is 0. The van der Waals surface area contributed by atoms with Gasteiger partial charge in [0.15, 0.2) is 0 Å². The second-order valence-corrected chi connectivity index (χ2v) is 5.96. The second kappa shape index (κ2) is 4.32. The van der Waals surface area contributed by atoms with E-state index >= 15 is 0 Å². The van der Waals surface area contributed by atoms with Crippen molar-refractivity contribution in [3.8, 4) is 11.1 Å². The minimum atomic E-state index is -1.22. The maximum Gasteiger partial charge on any atom is 0.142 e. The summed E-state index contributed by atoms with van der Waals surface area (Å²) in [7, 11) is 0. The number of carbonyl (C=O) groups excluding carboxylic acids is 2. The first-order valence-electron chi connectivity index (χ1n) is 5.69. The van der Waals surface area contributed by atoms with Crippen LogP contribution in [0.25, 0.3) is 11.1 Å². The number of rotatable bonds is 2. The van der Waals surface area contributed by atoms with Crippen LogP contribution in [0.1, 0.15) is 11.1 Å². The number of benzene rings is 2. The topological polar surface area (TPSA) is 34.1 Å². The molecule has 0 bridgehead atoms. The van der Waals surface area contributed by atoms with E-state index in [0.29, 0.717) is 18.1 Å². The molecule has 0 aromatic heterocycles. The van der Waals surface area contributed by atoms with E-state index < -0.39 is 5.41 Å². The van der Waals surface area contributed by atoms with Crippen LogP contribution < -0.4 is 0 Å². The highest BCUT2D eigenvalue weighted by Gasteiger charge is 2.43. The smallest absolute Gasteiger partial charge is 0.142 e. The molecule has 0 N–H and O–H groups in total. The molecule has 1 aliphatic carbocycles. The summed E-state index contributed by atoms with van der Waals surface area (Å²) in [6, 6.07) is 11.2. The van der Waals surface area contributed by atoms with Gasteiger partial charge < -0.3 is 9.59 Å². The van der Waals surface area contributed by atoms with Crippen LogP contribution in [0.5, 0.6) is 0 Å². The van der Waals surface area contributed by atoms with Crippen molar-refractivity contribution >= 4 is 41.1 Å². The minimum Gasteiger partial charge on any atom is -0.302 e. The Morgan fingerprint density at radius 3 is 2.16 bits per heavy atom. The average Bonchev–Trinajstić information content (AvgIpc) is 2.67. The SMILES string of the molecule is O=CC1(C=O)c2cc(S)ccc2-c2ccc(Br)cc21. The molecule has 0 aliphatic heterocycles. The Labute approximate surface area is 124 Å². The second-order valence-electron chi connectivity index (χ2n) is 4.52. The molecule has 4 heteroatoms. The van der Waals surface area contributed by atoms with E-state index in [1.165, 1.54) is 0 Å². The van der Waals surface area contributed by atoms with E-state index in [-0.39, 0.29) is 0 Å². The maximum atomic E-state index is 11.6. The highest BCUT2D eigenvalue weighted by Crippen LogP contribution is 2.48. The van der Waals surface area contributed by atoms with Gasteiger partial charge in [-0.1, -0.05) is 28.1 Å². The number of hydrogen-bond donors (Lipinski definition) is 1. The zero-order chi connectivity index (χ0) is 13.6. The van der Waals surface area contributed by atoms with Crippen LogP contribution in [0.3, 0.4) is 0 Å². The molecule has 0 radical (unpaired) electrons. The molecule has 1 aliphatic rings. The van der Waals surface area contributed by atoms with E-state index in [9.17, 15) is 9.59 Å². The van der Waals surface area contributed by atoms with Crippen LogP contribution in [0, 0.1) is 0 Å². The lowest BCUT2D eigenvalue weighted by atomic mass is 9.81. The molecule has 3 rings (SSSR count). The zero-order valence-corrected chi connectivity index (χ0v) is 12.2. The van der Waals surface area contributed by atoms with Gasteiger partial charge in [0.25, 0.3) is 0 Å². The first-order chi connectivity index (χ1) is 9.12. The number of aldehydes is 2. The van der Waals surface area contributed by atoms with E-state index in [1.54, 1.807) is 6.07 Å². The molecular formula is C15H9BrO2S. The Morgan fingerprint density at radius 2 is 1.53 bits per heavy atom. The van der Waals surface area contributed by atoms with Crippen LogP contribution >= 0.6 is 28.6 Å². The van der Waals surface area contributed by atoms with Crippen LogP contribution in [0.4, 0.5) is 0 Å². The van der Waals surface area contributed by atoms with Gasteiger partial charge in [-0.05, 0) is 46.5 Å². The average molecular weight is 333 g/mol. The number of halogens is 1. The molecule has 0 heterocycles. The van der Waals surface area contributed by atoms with Crippen molar-refractivity contribution in [3.63, 3.8) is 0 Å². The fraction of sp³-hybridized carbons (Fsp3) is 0.0667. The van der Waals surface area contributed by atoms with Crippen molar-refractivity contribution in [1.82, 2.24) is 0 Å². The number of fused-ring (bicyclic) bond motifs is 3. The molecule has 0 saturated carbocycles. The summed E-state index contributed by atoms with van der Waals surface area (Å²) >= 11 is 7.68. The molecule has 2 aromatic rings. The van der Waals surface area contributed by atoms with Crippen LogP contribution in [0.2, 0.25) is 0 Å². The Balaban J connectivity index is 2.45. The van der Waals surface area contributed by atoms with Gasteiger partial charge in [0.2, 0.25) is 0 Å². The van der Waals surface area contributed by atoms with E-state index in [4.69, 9.17) is 0 Å². The molecular weight excluding hydrogens is 324 g/mol. The third-order valence-electron chi connectivity index (χ3n) is 3.54. The van der Waals surface area contributed by atoms with Gasteiger partial charge in [0.05, 0.1) is 0 Å². The normalized spacial score (nSPS) is 14.6. The van der Waals surface area contributed by atoms with Crippen molar-refractivity contribution in [2.24, 2.45) is 0 Å². The van der Waals surface area contributed by atoms with Crippen molar-refractivity contribution in [1.29, 1.82) is 0 Å². The molecule has 0 atom stereocenters. The van der Waals surface area contributed by atoms with Crippen LogP contribution in [0.15, 0.2) is 45.8 Å². The van der Waals surface area contributed by atoms with Gasteiger partial charge in [0, 0.05) is 9.37 Å². The van der Waals surface area contributed by atoms with Crippen molar-refractivity contribution in [3.05, 3.63) is 52.0 Å². The Hall–Kier alpha value is -1.39. The van der Waals surface area contributed by atoms with Crippen LogP contribution in [-0.4, -0.2) is 12.6 Å². The molecule has 2 nitrogen and oxygen atoms in total. The zero-order valence-electron chi connectivity index (χ0n) is 9.76. The first kappa shape index (κ1) is 12.6. The molecule has 0 amide bonds. The highest BCUT2D eigenvalue weighted by atomic mass is 79.9. The third kappa shape index (κ3) is 1.63. The van der Waals surface area contributed by atoms with Gasteiger partial charge >= 0.3 is 0 Å². The van der Waals surface area contributed by atoms with Crippen molar-refractivity contribution < 1.29 is 9.59 Å². The lowest BCUT2D eigenvalue weighted by Gasteiger charge is -2.18. The van der Waals surface area contributed by atoms with Crippen molar-refractivity contribution in [2.45, 2.75) is 10.3 Å². The molecule has 0 saturated heterocycles. The van der Waals surface area contributed by atoms with Gasteiger partial charge in [-0.15, -0.1) is 12.6 Å². The number of thiol groups is 1. The summed E-state index contributed by atoms with van der Waals surface area (Å²) in [6.45, 7) is 0. The monoisotopic (exact) mass is 332 g/mol. The largest absolute Gasteiger partial charge is 0.302 e. The third-order valence-corrected chi connectivity index (χ3v) is 4.31. The molecule has 19 heavy (non-hydrogen) atoms. The molecule has 0 unspecified atom stereocenters. The summed E-state index contributed by atoms with van der Waals surface area (Å²) < 4.78 is 0.846. The van der Waals surface area contributed by atoms with Gasteiger partial charge in [-0.25, -0.2) is 0 Å². The highest BCUT2D eigenvalue weighted by molar-refractivity contribution is 9.10. The molecule has 94 valence electrons. The number of carbonyl (C=O) groups is 2. The summed E-state index contributed by atoms with van der Waals surface area (Å²) in [5, 5.41) is 0. The van der Waals surface area contributed by atoms with Crippen LogP contribution in [-0.2, 0) is 15.0 Å². The maximum absolute atomic E-state index is 11.6. The van der Waals surface area contributed by atoms with Gasteiger partial charge in [0.1, 0.15) is 18.0 Å². The Kier molecular flexibility index (Phi) is 2.87. The van der Waals surface area contributed by atoms with E-state index in [0.717, 1.165) is 26.1 Å². The predicted octanol–water partition coefficient (Wildman–Crippen LogP) is 3.40. The molecule has 2 aromatic carbocycles. The summed E-state index contributed by atoms with van der Waals surface area (Å²) in [6.07, 6.45) is 1.43. The standard InChI is InChI=1S/C15H9BrO2S/c16-9-1-3-11-12-4-2-10(19)6-14(12)15(7-17,8-18)13(11)5-9/h1-8,19H. The first-order valence-corrected chi connectivity index (χ1v) is 6.93. The van der Waals surface area contributed by atoms with Crippen molar-refractivity contribution in [2.75, 3.05) is 0 Å². The fourth-order valence-electron chi connectivity index (χ4n) is 2.63. The Morgan fingerprint density at radius 1 is 0.947 bits per heavy atom. The quantitative estimate of drug-likeness (QED) is 0.519. The van der Waals surface area contributed by atoms with E-state index in [2.05, 4.69) is 28.6 Å². The lowest BCUT2D eigenvalue weighted by Crippen LogP contribution is -2.28. The fourth-order valence-corrected chi connectivity index (χ4v) is 3.19. The van der Waals surface area contributed by atoms with Gasteiger partial charge in [-0.2, -0.15) is 0 Å². The predicted molar refractivity (Wildman–Crippen MR) is 79.7 cm³/mol.